The lowest BCUT2D eigenvalue weighted by molar-refractivity contribution is 0.169. The summed E-state index contributed by atoms with van der Waals surface area (Å²) in [6.07, 6.45) is 8.23. The summed E-state index contributed by atoms with van der Waals surface area (Å²) in [5, 5.41) is 10.4. The third-order valence-corrected chi connectivity index (χ3v) is 5.85. The van der Waals surface area contributed by atoms with Crippen LogP contribution in [0.4, 0.5) is 0 Å². The summed E-state index contributed by atoms with van der Waals surface area (Å²) in [4.78, 5) is 12.7. The first-order valence-corrected chi connectivity index (χ1v) is 9.98. The molecule has 2 heterocycles. The van der Waals surface area contributed by atoms with Crippen molar-refractivity contribution in [3.8, 4) is 11.5 Å². The van der Waals surface area contributed by atoms with Crippen LogP contribution in [0.5, 0.6) is 11.5 Å². The van der Waals surface area contributed by atoms with Crippen LogP contribution in [0.25, 0.3) is 11.0 Å². The summed E-state index contributed by atoms with van der Waals surface area (Å²) in [5.74, 6) is 0.670. The van der Waals surface area contributed by atoms with Crippen molar-refractivity contribution in [1.82, 2.24) is 0 Å². The van der Waals surface area contributed by atoms with E-state index in [4.69, 9.17) is 9.15 Å². The van der Waals surface area contributed by atoms with Crippen LogP contribution in [-0.2, 0) is 5.41 Å². The number of phenols is 1. The van der Waals surface area contributed by atoms with Gasteiger partial charge in [0.25, 0.3) is 0 Å². The second kappa shape index (κ2) is 7.86. The fourth-order valence-electron chi connectivity index (χ4n) is 3.92. The molecule has 0 bridgehead atoms. The van der Waals surface area contributed by atoms with E-state index in [1.54, 1.807) is 12.1 Å². The zero-order chi connectivity index (χ0) is 20.5. The number of aromatic hydroxyl groups is 1. The van der Waals surface area contributed by atoms with E-state index in [0.29, 0.717) is 16.9 Å². The average Bonchev–Trinajstić information content (AvgIpc) is 2.86. The summed E-state index contributed by atoms with van der Waals surface area (Å²) in [6.45, 7) is 10.5. The van der Waals surface area contributed by atoms with E-state index in [9.17, 15) is 9.90 Å². The largest absolute Gasteiger partial charge is 0.508 e. The zero-order valence-corrected chi connectivity index (χ0v) is 17.5. The Bertz CT molecular complexity index is 992. The lowest BCUT2D eigenvalue weighted by atomic mass is 9.76. The van der Waals surface area contributed by atoms with E-state index in [2.05, 4.69) is 39.8 Å². The molecule has 1 aromatic heterocycles. The third-order valence-electron chi connectivity index (χ3n) is 5.85. The van der Waals surface area contributed by atoms with Crippen LogP contribution in [-0.4, -0.2) is 11.2 Å². The molecule has 1 aliphatic rings. The Hall–Kier alpha value is -2.49. The van der Waals surface area contributed by atoms with Crippen LogP contribution < -0.4 is 10.4 Å². The van der Waals surface area contributed by atoms with Gasteiger partial charge in [-0.2, -0.15) is 0 Å². The van der Waals surface area contributed by atoms with Gasteiger partial charge in [-0.05, 0) is 65.5 Å². The summed E-state index contributed by atoms with van der Waals surface area (Å²) < 4.78 is 11.6. The van der Waals surface area contributed by atoms with Gasteiger partial charge in [-0.3, -0.25) is 0 Å². The first kappa shape index (κ1) is 20.2. The predicted octanol–water partition coefficient (Wildman–Crippen LogP) is 6.01. The Balaban J connectivity index is 1.85. The van der Waals surface area contributed by atoms with Crippen LogP contribution in [0.2, 0.25) is 0 Å². The first-order chi connectivity index (χ1) is 13.2. The van der Waals surface area contributed by atoms with Crippen LogP contribution in [0.1, 0.15) is 65.9 Å². The second-order valence-corrected chi connectivity index (χ2v) is 8.36. The molecule has 0 unspecified atom stereocenters. The fourth-order valence-corrected chi connectivity index (χ4v) is 3.92. The van der Waals surface area contributed by atoms with Gasteiger partial charge in [0.1, 0.15) is 23.2 Å². The quantitative estimate of drug-likeness (QED) is 0.491. The van der Waals surface area contributed by atoms with Crippen LogP contribution >= 0.6 is 0 Å². The summed E-state index contributed by atoms with van der Waals surface area (Å²) in [7, 11) is 0. The molecule has 2 atom stereocenters. The van der Waals surface area contributed by atoms with E-state index in [1.807, 2.05) is 6.92 Å². The third kappa shape index (κ3) is 3.87. The van der Waals surface area contributed by atoms with E-state index < -0.39 is 5.41 Å². The normalized spacial score (nSPS) is 21.5. The molecule has 150 valence electrons. The van der Waals surface area contributed by atoms with Crippen molar-refractivity contribution in [3.63, 3.8) is 0 Å². The highest BCUT2D eigenvalue weighted by molar-refractivity contribution is 5.86. The Morgan fingerprint density at radius 1 is 1.21 bits per heavy atom. The first-order valence-electron chi connectivity index (χ1n) is 9.98. The van der Waals surface area contributed by atoms with E-state index in [0.717, 1.165) is 31.1 Å². The van der Waals surface area contributed by atoms with Gasteiger partial charge in [-0.1, -0.05) is 30.2 Å². The molecule has 0 saturated carbocycles. The van der Waals surface area contributed by atoms with Gasteiger partial charge in [0.2, 0.25) is 0 Å². The van der Waals surface area contributed by atoms with E-state index in [-0.39, 0.29) is 17.5 Å². The van der Waals surface area contributed by atoms with Gasteiger partial charge in [0, 0.05) is 11.5 Å². The fraction of sp³-hybridized carbons (Fsp3) is 0.458. The van der Waals surface area contributed by atoms with Gasteiger partial charge < -0.3 is 14.3 Å². The molecule has 2 aromatic rings. The molecule has 0 amide bonds. The highest BCUT2D eigenvalue weighted by Gasteiger charge is 2.46. The number of rotatable bonds is 6. The maximum Gasteiger partial charge on any atom is 0.343 e. The van der Waals surface area contributed by atoms with E-state index in [1.165, 1.54) is 17.2 Å². The minimum absolute atomic E-state index is 0.0677. The smallest absolute Gasteiger partial charge is 0.343 e. The van der Waals surface area contributed by atoms with Crippen molar-refractivity contribution in [2.24, 2.45) is 0 Å². The molecule has 0 saturated heterocycles. The highest BCUT2D eigenvalue weighted by Crippen LogP contribution is 2.47. The van der Waals surface area contributed by atoms with Crippen molar-refractivity contribution in [2.45, 2.75) is 71.8 Å². The van der Waals surface area contributed by atoms with Crippen LogP contribution in [0.15, 0.2) is 50.7 Å². The standard InChI is InChI=1S/C24H30O4/c1-15(2)8-6-9-16(3)10-7-13-24(5)17(4)27-22-19-12-11-18(25)14-20(19)28-23(26)21(22)24/h8,10-12,14,17,25H,6-7,9,13H2,1-5H3/b16-10+/t17-,24-/m0/s1. The Labute approximate surface area is 166 Å². The molecule has 0 aliphatic carbocycles. The predicted molar refractivity (Wildman–Crippen MR) is 113 cm³/mol. The molecule has 1 aromatic carbocycles. The molecular weight excluding hydrogens is 352 g/mol. The van der Waals surface area contributed by atoms with Crippen molar-refractivity contribution in [3.05, 3.63) is 57.5 Å². The molecule has 1 aliphatic heterocycles. The molecule has 0 radical (unpaired) electrons. The molecular formula is C24H30O4. The van der Waals surface area contributed by atoms with Crippen molar-refractivity contribution >= 4 is 11.0 Å². The number of allylic oxidation sites excluding steroid dienone is 4. The van der Waals surface area contributed by atoms with Gasteiger partial charge in [-0.15, -0.1) is 0 Å². The monoisotopic (exact) mass is 382 g/mol. The SMILES string of the molecule is CC(C)=CCC/C(C)=C/CC[C@]1(C)c2c(c3ccc(O)cc3oc2=O)O[C@H]1C. The van der Waals surface area contributed by atoms with Gasteiger partial charge in [0.15, 0.2) is 0 Å². The molecule has 28 heavy (non-hydrogen) atoms. The molecule has 3 rings (SSSR count). The molecule has 4 nitrogen and oxygen atoms in total. The molecule has 4 heteroatoms. The highest BCUT2D eigenvalue weighted by atomic mass is 16.5. The van der Waals surface area contributed by atoms with E-state index >= 15 is 0 Å². The number of phenolic OH excluding ortho intramolecular Hbond substituents is 1. The van der Waals surface area contributed by atoms with Crippen molar-refractivity contribution in [1.29, 1.82) is 0 Å². The van der Waals surface area contributed by atoms with Gasteiger partial charge >= 0.3 is 5.63 Å². The Kier molecular flexibility index (Phi) is 5.69. The second-order valence-electron chi connectivity index (χ2n) is 8.36. The Morgan fingerprint density at radius 2 is 1.96 bits per heavy atom. The lowest BCUT2D eigenvalue weighted by Crippen LogP contribution is -2.35. The average molecular weight is 383 g/mol. The topological polar surface area (TPSA) is 59.7 Å². The minimum atomic E-state index is -0.404. The van der Waals surface area contributed by atoms with Crippen molar-refractivity contribution in [2.75, 3.05) is 0 Å². The molecule has 0 fully saturated rings. The maximum absolute atomic E-state index is 12.7. The van der Waals surface area contributed by atoms with Gasteiger partial charge in [-0.25, -0.2) is 4.79 Å². The maximum atomic E-state index is 12.7. The molecule has 1 N–H and O–H groups in total. The van der Waals surface area contributed by atoms with Crippen LogP contribution in [0.3, 0.4) is 0 Å². The number of hydrogen-bond acceptors (Lipinski definition) is 4. The molecule has 0 spiro atoms. The van der Waals surface area contributed by atoms with Crippen LogP contribution in [0, 0.1) is 0 Å². The summed E-state index contributed by atoms with van der Waals surface area (Å²) >= 11 is 0. The number of fused-ring (bicyclic) bond motifs is 3. The summed E-state index contributed by atoms with van der Waals surface area (Å²) in [6, 6.07) is 4.79. The number of benzene rings is 1. The Morgan fingerprint density at radius 3 is 2.68 bits per heavy atom. The van der Waals surface area contributed by atoms with Gasteiger partial charge in [0.05, 0.1) is 10.9 Å². The van der Waals surface area contributed by atoms with Crippen molar-refractivity contribution < 1.29 is 14.3 Å². The number of ether oxygens (including phenoxy) is 1. The summed E-state index contributed by atoms with van der Waals surface area (Å²) in [5.41, 5.74) is 2.92. The number of hydrogen-bond donors (Lipinski definition) is 1. The zero-order valence-electron chi connectivity index (χ0n) is 17.5. The minimum Gasteiger partial charge on any atom is -0.508 e. The lowest BCUT2D eigenvalue weighted by Gasteiger charge is -2.26.